The normalized spacial score (nSPS) is 22.9. The van der Waals surface area contributed by atoms with Gasteiger partial charge in [0.2, 0.25) is 0 Å². The van der Waals surface area contributed by atoms with Crippen molar-refractivity contribution >= 4 is 11.3 Å². The predicted octanol–water partition coefficient (Wildman–Crippen LogP) is 2.82. The first-order chi connectivity index (χ1) is 8.59. The number of hydrogen-bond acceptors (Lipinski definition) is 4. The summed E-state index contributed by atoms with van der Waals surface area (Å²) in [5.41, 5.74) is 0.346. The minimum atomic E-state index is 0.346. The summed E-state index contributed by atoms with van der Waals surface area (Å²) in [5, 5.41) is 10.4. The summed E-state index contributed by atoms with van der Waals surface area (Å²) in [4.78, 5) is 4.37. The van der Waals surface area contributed by atoms with Crippen LogP contribution in [0.25, 0.3) is 0 Å². The molecule has 3 nitrogen and oxygen atoms in total. The first kappa shape index (κ1) is 14.0. The Hall–Kier alpha value is -0.450. The number of piperidine rings is 1. The average Bonchev–Trinajstić information content (AvgIpc) is 2.91. The van der Waals surface area contributed by atoms with Gasteiger partial charge >= 0.3 is 0 Å². The molecule has 1 aliphatic heterocycles. The fourth-order valence-corrected chi connectivity index (χ4v) is 3.29. The fraction of sp³-hybridized carbons (Fsp3) is 0.786. The Labute approximate surface area is 114 Å². The Morgan fingerprint density at radius 2 is 2.44 bits per heavy atom. The molecular weight excluding hydrogens is 242 g/mol. The van der Waals surface area contributed by atoms with Crippen LogP contribution in [0.5, 0.6) is 0 Å². The number of nitrogens with one attached hydrogen (secondary N) is 2. The van der Waals surface area contributed by atoms with Gasteiger partial charge in [0.05, 0.1) is 6.04 Å². The molecule has 0 bridgehead atoms. The van der Waals surface area contributed by atoms with Crippen molar-refractivity contribution < 1.29 is 0 Å². The lowest BCUT2D eigenvalue weighted by Crippen LogP contribution is -2.43. The van der Waals surface area contributed by atoms with Gasteiger partial charge in [-0.3, -0.25) is 0 Å². The maximum Gasteiger partial charge on any atom is 0.109 e. The first-order valence-corrected chi connectivity index (χ1v) is 7.81. The highest BCUT2D eigenvalue weighted by Gasteiger charge is 2.30. The van der Waals surface area contributed by atoms with Gasteiger partial charge in [-0.1, -0.05) is 13.8 Å². The standard InChI is InChI=1S/C14H25N3S/c1-11(13-16-7-8-18-13)17-10-14(2,3)12-5-4-6-15-9-12/h7-8,11-12,15,17H,4-6,9-10H2,1-3H3. The van der Waals surface area contributed by atoms with Crippen molar-refractivity contribution in [1.29, 1.82) is 0 Å². The third kappa shape index (κ3) is 3.53. The Morgan fingerprint density at radius 1 is 1.61 bits per heavy atom. The second-order valence-electron chi connectivity index (χ2n) is 6.00. The molecule has 0 spiro atoms. The molecule has 0 radical (unpaired) electrons. The Bertz CT molecular complexity index is 342. The number of nitrogens with zero attached hydrogens (tertiary/aromatic N) is 1. The fourth-order valence-electron chi connectivity index (χ4n) is 2.61. The molecular formula is C14H25N3S. The molecule has 1 fully saturated rings. The van der Waals surface area contributed by atoms with Crippen LogP contribution in [0.3, 0.4) is 0 Å². The molecule has 2 rings (SSSR count). The zero-order valence-corrected chi connectivity index (χ0v) is 12.5. The smallest absolute Gasteiger partial charge is 0.109 e. The van der Waals surface area contributed by atoms with Crippen molar-refractivity contribution in [3.63, 3.8) is 0 Å². The van der Waals surface area contributed by atoms with E-state index >= 15 is 0 Å². The molecule has 1 aromatic heterocycles. The van der Waals surface area contributed by atoms with Crippen LogP contribution in [0.15, 0.2) is 11.6 Å². The molecule has 1 saturated heterocycles. The van der Waals surface area contributed by atoms with E-state index in [9.17, 15) is 0 Å². The van der Waals surface area contributed by atoms with Crippen LogP contribution in [0.4, 0.5) is 0 Å². The van der Waals surface area contributed by atoms with Crippen molar-refractivity contribution in [3.05, 3.63) is 16.6 Å². The average molecular weight is 267 g/mol. The van der Waals surface area contributed by atoms with E-state index < -0.39 is 0 Å². The second-order valence-corrected chi connectivity index (χ2v) is 6.93. The van der Waals surface area contributed by atoms with Crippen LogP contribution in [-0.2, 0) is 0 Å². The van der Waals surface area contributed by atoms with Crippen molar-refractivity contribution in [1.82, 2.24) is 15.6 Å². The Morgan fingerprint density at radius 3 is 3.06 bits per heavy atom. The van der Waals surface area contributed by atoms with Crippen LogP contribution in [-0.4, -0.2) is 24.6 Å². The number of rotatable bonds is 5. The molecule has 18 heavy (non-hydrogen) atoms. The summed E-state index contributed by atoms with van der Waals surface area (Å²) in [6.07, 6.45) is 4.55. The van der Waals surface area contributed by atoms with E-state index in [0.717, 1.165) is 12.5 Å². The number of hydrogen-bond donors (Lipinski definition) is 2. The van der Waals surface area contributed by atoms with Crippen LogP contribution >= 0.6 is 11.3 Å². The van der Waals surface area contributed by atoms with Gasteiger partial charge in [-0.2, -0.15) is 0 Å². The summed E-state index contributed by atoms with van der Waals surface area (Å²) in [7, 11) is 0. The number of aromatic nitrogens is 1. The SMILES string of the molecule is CC(NCC(C)(C)C1CCCNC1)c1nccs1. The van der Waals surface area contributed by atoms with Gasteiger partial charge in [0.25, 0.3) is 0 Å². The zero-order chi connectivity index (χ0) is 13.0. The van der Waals surface area contributed by atoms with E-state index in [2.05, 4.69) is 36.4 Å². The van der Waals surface area contributed by atoms with E-state index in [1.807, 2.05) is 11.6 Å². The predicted molar refractivity (Wildman–Crippen MR) is 77.9 cm³/mol. The van der Waals surface area contributed by atoms with E-state index in [-0.39, 0.29) is 0 Å². The molecule has 2 N–H and O–H groups in total. The van der Waals surface area contributed by atoms with Gasteiger partial charge in [-0.15, -0.1) is 11.3 Å². The van der Waals surface area contributed by atoms with Gasteiger partial charge in [-0.25, -0.2) is 4.98 Å². The van der Waals surface area contributed by atoms with Crippen molar-refractivity contribution in [2.75, 3.05) is 19.6 Å². The largest absolute Gasteiger partial charge is 0.316 e. The van der Waals surface area contributed by atoms with Gasteiger partial charge in [-0.05, 0) is 44.2 Å². The molecule has 0 amide bonds. The summed E-state index contributed by atoms with van der Waals surface area (Å²) in [6.45, 7) is 10.4. The molecule has 2 atom stereocenters. The molecule has 2 heterocycles. The quantitative estimate of drug-likeness (QED) is 0.861. The lowest BCUT2D eigenvalue weighted by atomic mass is 9.75. The van der Waals surface area contributed by atoms with E-state index in [4.69, 9.17) is 0 Å². The molecule has 0 saturated carbocycles. The zero-order valence-electron chi connectivity index (χ0n) is 11.7. The van der Waals surface area contributed by atoms with Crippen molar-refractivity contribution in [2.45, 2.75) is 39.7 Å². The topological polar surface area (TPSA) is 37.0 Å². The lowest BCUT2D eigenvalue weighted by molar-refractivity contribution is 0.162. The monoisotopic (exact) mass is 267 g/mol. The minimum Gasteiger partial charge on any atom is -0.316 e. The molecule has 0 aliphatic carbocycles. The highest BCUT2D eigenvalue weighted by molar-refractivity contribution is 7.09. The maximum absolute atomic E-state index is 4.37. The third-order valence-corrected chi connectivity index (χ3v) is 5.05. The molecule has 102 valence electrons. The molecule has 1 aromatic rings. The molecule has 4 heteroatoms. The van der Waals surface area contributed by atoms with Crippen LogP contribution in [0.1, 0.15) is 44.7 Å². The summed E-state index contributed by atoms with van der Waals surface area (Å²) >= 11 is 1.73. The van der Waals surface area contributed by atoms with E-state index in [1.54, 1.807) is 11.3 Å². The highest BCUT2D eigenvalue weighted by atomic mass is 32.1. The van der Waals surface area contributed by atoms with Crippen LogP contribution < -0.4 is 10.6 Å². The molecule has 2 unspecified atom stereocenters. The molecule has 1 aliphatic rings. The third-order valence-electron chi connectivity index (χ3n) is 4.09. The number of thiazole rings is 1. The van der Waals surface area contributed by atoms with Crippen LogP contribution in [0.2, 0.25) is 0 Å². The van der Waals surface area contributed by atoms with E-state index in [0.29, 0.717) is 11.5 Å². The van der Waals surface area contributed by atoms with Gasteiger partial charge < -0.3 is 10.6 Å². The van der Waals surface area contributed by atoms with Crippen molar-refractivity contribution in [3.8, 4) is 0 Å². The lowest BCUT2D eigenvalue weighted by Gasteiger charge is -2.38. The van der Waals surface area contributed by atoms with Gasteiger partial charge in [0, 0.05) is 18.1 Å². The van der Waals surface area contributed by atoms with Gasteiger partial charge in [0.1, 0.15) is 5.01 Å². The minimum absolute atomic E-state index is 0.346. The Balaban J connectivity index is 1.84. The summed E-state index contributed by atoms with van der Waals surface area (Å²) in [6, 6.07) is 0.362. The summed E-state index contributed by atoms with van der Waals surface area (Å²) < 4.78 is 0. The van der Waals surface area contributed by atoms with Gasteiger partial charge in [0.15, 0.2) is 0 Å². The first-order valence-electron chi connectivity index (χ1n) is 6.93. The van der Waals surface area contributed by atoms with Crippen molar-refractivity contribution in [2.24, 2.45) is 11.3 Å². The summed E-state index contributed by atoms with van der Waals surface area (Å²) in [5.74, 6) is 0.780. The maximum atomic E-state index is 4.37. The molecule has 0 aromatic carbocycles. The highest BCUT2D eigenvalue weighted by Crippen LogP contribution is 2.31. The Kier molecular flexibility index (Phi) is 4.76. The van der Waals surface area contributed by atoms with E-state index in [1.165, 1.54) is 30.9 Å². The second kappa shape index (κ2) is 6.13. The van der Waals surface area contributed by atoms with Crippen LogP contribution in [0, 0.1) is 11.3 Å².